The van der Waals surface area contributed by atoms with Gasteiger partial charge in [0.25, 0.3) is 0 Å². The molecule has 0 atom stereocenters. The Bertz CT molecular complexity index is 19.4. The van der Waals surface area contributed by atoms with E-state index >= 15 is 0 Å². The summed E-state index contributed by atoms with van der Waals surface area (Å²) in [5, 5.41) is 0. The van der Waals surface area contributed by atoms with E-state index < -0.39 is 0 Å². The minimum absolute atomic E-state index is 0.905. The summed E-state index contributed by atoms with van der Waals surface area (Å²) < 4.78 is 0. The first-order chi connectivity index (χ1) is 3.00. The van der Waals surface area contributed by atoms with Crippen molar-refractivity contribution < 1.29 is 0 Å². The second kappa shape index (κ2) is 2.40. The van der Waals surface area contributed by atoms with Crippen LogP contribution in [0.15, 0.2) is 0 Å². The summed E-state index contributed by atoms with van der Waals surface area (Å²) in [7, 11) is 0.905. The van der Waals surface area contributed by atoms with Gasteiger partial charge in [-0.25, -0.2) is 0 Å². The van der Waals surface area contributed by atoms with Crippen LogP contribution in [0.3, 0.4) is 0 Å². The van der Waals surface area contributed by atoms with E-state index in [0.29, 0.717) is 0 Å². The zero-order valence-corrected chi connectivity index (χ0v) is 5.27. The molecule has 0 spiro atoms. The van der Waals surface area contributed by atoms with Crippen LogP contribution in [0.25, 0.3) is 0 Å². The molecule has 0 aromatic carbocycles. The molecule has 0 saturated carbocycles. The van der Waals surface area contributed by atoms with E-state index in [1.807, 2.05) is 0 Å². The maximum Gasteiger partial charge on any atom is 0.0280 e. The van der Waals surface area contributed by atoms with Gasteiger partial charge in [-0.3, -0.25) is 0 Å². The molecule has 1 saturated heterocycles. The number of hydrogen-bond acceptors (Lipinski definition) is 0. The molecule has 1 fully saturated rings. The van der Waals surface area contributed by atoms with Crippen LogP contribution in [0.2, 0.25) is 12.1 Å². The lowest BCUT2D eigenvalue weighted by molar-refractivity contribution is 0.734. The molecule has 1 rings (SSSR count). The molecule has 1 heterocycles. The molecular weight excluding hydrogens is 88.1 g/mol. The maximum absolute atomic E-state index is 1.58. The Hall–Kier alpha value is 0.217. The van der Waals surface area contributed by atoms with E-state index in [9.17, 15) is 0 Å². The van der Waals surface area contributed by atoms with Crippen LogP contribution in [0.4, 0.5) is 0 Å². The van der Waals surface area contributed by atoms with E-state index in [4.69, 9.17) is 0 Å². The summed E-state index contributed by atoms with van der Waals surface area (Å²) in [6, 6.07) is 3.17. The van der Waals surface area contributed by atoms with Crippen LogP contribution in [-0.2, 0) is 0 Å². The fourth-order valence-electron chi connectivity index (χ4n) is 0.898. The Morgan fingerprint density at radius 2 is 1.50 bits per heavy atom. The quantitative estimate of drug-likeness (QED) is 0.403. The highest BCUT2D eigenvalue weighted by molar-refractivity contribution is 6.35. The van der Waals surface area contributed by atoms with Gasteiger partial charge in [0.05, 0.1) is 0 Å². The van der Waals surface area contributed by atoms with Crippen molar-refractivity contribution in [2.24, 2.45) is 0 Å². The summed E-state index contributed by atoms with van der Waals surface area (Å²) in [6.45, 7) is 0. The van der Waals surface area contributed by atoms with Gasteiger partial charge in [-0.1, -0.05) is 31.4 Å². The SMILES string of the molecule is C1CC[SiH]CC1. The first-order valence-corrected chi connectivity index (χ1v) is 4.45. The van der Waals surface area contributed by atoms with Crippen molar-refractivity contribution in [1.29, 1.82) is 0 Å². The zero-order valence-electron chi connectivity index (χ0n) is 4.11. The second-order valence-electron chi connectivity index (χ2n) is 1.93. The molecule has 1 aliphatic heterocycles. The number of rotatable bonds is 0. The van der Waals surface area contributed by atoms with Crippen LogP contribution in [0.5, 0.6) is 0 Å². The molecule has 0 aromatic heterocycles. The fourth-order valence-corrected chi connectivity index (χ4v) is 2.34. The summed E-state index contributed by atoms with van der Waals surface area (Å²) in [5.74, 6) is 0. The van der Waals surface area contributed by atoms with Crippen LogP contribution in [-0.4, -0.2) is 9.52 Å². The lowest BCUT2D eigenvalue weighted by atomic mass is 10.3. The molecule has 0 aliphatic carbocycles. The predicted octanol–water partition coefficient (Wildman–Crippen LogP) is 1.44. The third-order valence-corrected chi connectivity index (χ3v) is 2.95. The largest absolute Gasteiger partial charge is 0.0620 e. The van der Waals surface area contributed by atoms with Crippen molar-refractivity contribution >= 4 is 9.52 Å². The van der Waals surface area contributed by atoms with Crippen LogP contribution in [0, 0.1) is 0 Å². The first kappa shape index (κ1) is 4.38. The molecular formula is C5H11Si. The van der Waals surface area contributed by atoms with Crippen LogP contribution in [0.1, 0.15) is 19.3 Å². The standard InChI is InChI=1S/C5H11Si/c1-2-4-6-5-3-1/h6H,1-5H2. The van der Waals surface area contributed by atoms with E-state index in [0.717, 1.165) is 9.52 Å². The third kappa shape index (κ3) is 1.13. The highest BCUT2D eigenvalue weighted by Gasteiger charge is 1.96. The second-order valence-corrected chi connectivity index (χ2v) is 3.66. The third-order valence-electron chi connectivity index (χ3n) is 1.32. The van der Waals surface area contributed by atoms with Crippen molar-refractivity contribution in [3.05, 3.63) is 0 Å². The monoisotopic (exact) mass is 99.1 g/mol. The van der Waals surface area contributed by atoms with E-state index in [1.54, 1.807) is 12.1 Å². The van der Waals surface area contributed by atoms with Gasteiger partial charge in [-0.15, -0.1) is 0 Å². The molecule has 0 nitrogen and oxygen atoms in total. The summed E-state index contributed by atoms with van der Waals surface area (Å²) >= 11 is 0. The van der Waals surface area contributed by atoms with Crippen LogP contribution >= 0.6 is 0 Å². The average Bonchev–Trinajstić information content (AvgIpc) is 1.72. The highest BCUT2D eigenvalue weighted by Crippen LogP contribution is 2.10. The predicted molar refractivity (Wildman–Crippen MR) is 30.6 cm³/mol. The molecule has 35 valence electrons. The number of hydrogen-bond donors (Lipinski definition) is 0. The Kier molecular flexibility index (Phi) is 1.75. The summed E-state index contributed by atoms with van der Waals surface area (Å²) in [4.78, 5) is 0. The summed E-state index contributed by atoms with van der Waals surface area (Å²) in [6.07, 6.45) is 4.59. The average molecular weight is 99.2 g/mol. The van der Waals surface area contributed by atoms with Gasteiger partial charge >= 0.3 is 0 Å². The van der Waals surface area contributed by atoms with E-state index in [2.05, 4.69) is 0 Å². The lowest BCUT2D eigenvalue weighted by Gasteiger charge is -2.04. The molecule has 0 aromatic rings. The lowest BCUT2D eigenvalue weighted by Crippen LogP contribution is -1.94. The minimum Gasteiger partial charge on any atom is -0.0620 e. The molecule has 1 radical (unpaired) electrons. The highest BCUT2D eigenvalue weighted by atomic mass is 28.2. The van der Waals surface area contributed by atoms with Gasteiger partial charge in [0, 0.05) is 9.52 Å². The van der Waals surface area contributed by atoms with E-state index in [1.165, 1.54) is 19.3 Å². The normalized spacial score (nSPS) is 24.0. The van der Waals surface area contributed by atoms with E-state index in [-0.39, 0.29) is 0 Å². The minimum atomic E-state index is 0.905. The molecule has 0 bridgehead atoms. The van der Waals surface area contributed by atoms with Gasteiger partial charge in [-0.05, 0) is 0 Å². The molecule has 6 heavy (non-hydrogen) atoms. The van der Waals surface area contributed by atoms with Crippen LogP contribution < -0.4 is 0 Å². The Labute approximate surface area is 41.8 Å². The summed E-state index contributed by atoms with van der Waals surface area (Å²) in [5.41, 5.74) is 0. The van der Waals surface area contributed by atoms with Crippen molar-refractivity contribution in [3.8, 4) is 0 Å². The fraction of sp³-hybridized carbons (Fsp3) is 1.00. The van der Waals surface area contributed by atoms with Crippen molar-refractivity contribution in [3.63, 3.8) is 0 Å². The molecule has 1 aliphatic rings. The molecule has 1 heteroatoms. The molecule has 0 unspecified atom stereocenters. The Morgan fingerprint density at radius 3 is 1.67 bits per heavy atom. The molecule has 0 N–H and O–H groups in total. The molecule has 0 amide bonds. The van der Waals surface area contributed by atoms with Gasteiger partial charge in [0.1, 0.15) is 0 Å². The van der Waals surface area contributed by atoms with Crippen molar-refractivity contribution in [2.75, 3.05) is 0 Å². The smallest absolute Gasteiger partial charge is 0.0280 e. The zero-order chi connectivity index (χ0) is 4.24. The van der Waals surface area contributed by atoms with Crippen molar-refractivity contribution in [2.45, 2.75) is 31.4 Å². The first-order valence-electron chi connectivity index (χ1n) is 2.82. The van der Waals surface area contributed by atoms with Gasteiger partial charge in [0.15, 0.2) is 0 Å². The van der Waals surface area contributed by atoms with Crippen molar-refractivity contribution in [1.82, 2.24) is 0 Å². The van der Waals surface area contributed by atoms with Gasteiger partial charge in [0.2, 0.25) is 0 Å². The maximum atomic E-state index is 1.58. The van der Waals surface area contributed by atoms with Gasteiger partial charge in [-0.2, -0.15) is 0 Å². The Morgan fingerprint density at radius 1 is 0.833 bits per heavy atom. The Balaban J connectivity index is 2.00. The topological polar surface area (TPSA) is 0 Å². The van der Waals surface area contributed by atoms with Gasteiger partial charge < -0.3 is 0 Å².